The van der Waals surface area contributed by atoms with Crippen molar-refractivity contribution in [1.29, 1.82) is 0 Å². The second kappa shape index (κ2) is 5.61. The minimum absolute atomic E-state index is 0.511. The van der Waals surface area contributed by atoms with Crippen LogP contribution in [-0.4, -0.2) is 36.1 Å². The van der Waals surface area contributed by atoms with Gasteiger partial charge in [-0.1, -0.05) is 40.5 Å². The first-order chi connectivity index (χ1) is 9.49. The summed E-state index contributed by atoms with van der Waals surface area (Å²) in [5, 5.41) is 3.87. The number of nitrogens with one attached hydrogen (secondary N) is 1. The first-order valence-corrected chi connectivity index (χ1v) is 8.98. The zero-order valence-corrected chi connectivity index (χ0v) is 14.0. The second-order valence-corrected chi connectivity index (χ2v) is 8.61. The van der Waals surface area contributed by atoms with Crippen LogP contribution in [0.1, 0.15) is 66.2 Å². The fourth-order valence-electron chi connectivity index (χ4n) is 4.70. The lowest BCUT2D eigenvalue weighted by molar-refractivity contribution is -0.0219. The Balaban J connectivity index is 1.77. The van der Waals surface area contributed by atoms with Crippen molar-refractivity contribution in [2.45, 2.75) is 84.3 Å². The molecule has 0 bridgehead atoms. The van der Waals surface area contributed by atoms with Crippen molar-refractivity contribution in [2.75, 3.05) is 13.1 Å². The van der Waals surface area contributed by atoms with Gasteiger partial charge in [0.15, 0.2) is 0 Å². The van der Waals surface area contributed by atoms with Crippen LogP contribution in [0.4, 0.5) is 0 Å². The molecule has 2 saturated carbocycles. The highest BCUT2D eigenvalue weighted by Gasteiger charge is 2.44. The summed E-state index contributed by atoms with van der Waals surface area (Å²) < 4.78 is 0. The Morgan fingerprint density at radius 3 is 2.45 bits per heavy atom. The van der Waals surface area contributed by atoms with Gasteiger partial charge in [0.25, 0.3) is 0 Å². The number of hydrogen-bond donors (Lipinski definition) is 1. The minimum Gasteiger partial charge on any atom is -0.311 e. The van der Waals surface area contributed by atoms with E-state index in [-0.39, 0.29) is 0 Å². The minimum atomic E-state index is 0.511. The number of rotatable bonds is 3. The molecule has 20 heavy (non-hydrogen) atoms. The van der Waals surface area contributed by atoms with Crippen LogP contribution in [0, 0.1) is 17.3 Å². The molecule has 1 N–H and O–H groups in total. The fourth-order valence-corrected chi connectivity index (χ4v) is 4.70. The van der Waals surface area contributed by atoms with Gasteiger partial charge in [0.2, 0.25) is 0 Å². The third-order valence-corrected chi connectivity index (χ3v) is 6.23. The summed E-state index contributed by atoms with van der Waals surface area (Å²) in [5.74, 6) is 1.75. The molecule has 1 heterocycles. The molecule has 3 rings (SSSR count). The molecule has 0 amide bonds. The maximum Gasteiger partial charge on any atom is 0.0247 e. The highest BCUT2D eigenvalue weighted by atomic mass is 15.3. The Bertz CT molecular complexity index is 332. The molecule has 116 valence electrons. The molecule has 2 aliphatic carbocycles. The molecule has 1 aliphatic heterocycles. The van der Waals surface area contributed by atoms with Crippen LogP contribution in [0.5, 0.6) is 0 Å². The molecule has 3 aliphatic rings. The van der Waals surface area contributed by atoms with Gasteiger partial charge in [0.05, 0.1) is 0 Å². The Kier molecular flexibility index (Phi) is 4.16. The third kappa shape index (κ3) is 2.92. The van der Waals surface area contributed by atoms with Gasteiger partial charge in [-0.3, -0.25) is 4.90 Å². The first-order valence-electron chi connectivity index (χ1n) is 8.98. The fraction of sp³-hybridized carbons (Fsp3) is 1.00. The van der Waals surface area contributed by atoms with Crippen LogP contribution in [0.3, 0.4) is 0 Å². The molecule has 1 saturated heterocycles. The lowest BCUT2D eigenvalue weighted by Crippen LogP contribution is -2.64. The van der Waals surface area contributed by atoms with Crippen molar-refractivity contribution < 1.29 is 0 Å². The van der Waals surface area contributed by atoms with E-state index in [1.807, 2.05) is 0 Å². The SMILES string of the molecule is CC(C)C1CNC(C2CC2)CN1C1CCCCC1(C)C. The maximum atomic E-state index is 3.87. The van der Waals surface area contributed by atoms with Gasteiger partial charge < -0.3 is 5.32 Å². The average molecular weight is 278 g/mol. The van der Waals surface area contributed by atoms with E-state index in [1.54, 1.807) is 0 Å². The lowest BCUT2D eigenvalue weighted by atomic mass is 9.71. The number of hydrogen-bond acceptors (Lipinski definition) is 2. The molecular formula is C18H34N2. The predicted molar refractivity (Wildman–Crippen MR) is 85.9 cm³/mol. The van der Waals surface area contributed by atoms with Crippen LogP contribution in [0.15, 0.2) is 0 Å². The van der Waals surface area contributed by atoms with Crippen molar-refractivity contribution in [3.8, 4) is 0 Å². The molecule has 0 radical (unpaired) electrons. The molecule has 0 aromatic rings. The quantitative estimate of drug-likeness (QED) is 0.847. The first kappa shape index (κ1) is 14.8. The van der Waals surface area contributed by atoms with Crippen LogP contribution in [0.25, 0.3) is 0 Å². The zero-order valence-electron chi connectivity index (χ0n) is 14.0. The van der Waals surface area contributed by atoms with Crippen molar-refractivity contribution in [3.05, 3.63) is 0 Å². The van der Waals surface area contributed by atoms with Crippen molar-refractivity contribution >= 4 is 0 Å². The summed E-state index contributed by atoms with van der Waals surface area (Å²) in [6, 6.07) is 2.34. The van der Waals surface area contributed by atoms with E-state index in [1.165, 1.54) is 51.6 Å². The molecule has 0 aromatic heterocycles. The van der Waals surface area contributed by atoms with Gasteiger partial charge >= 0.3 is 0 Å². The van der Waals surface area contributed by atoms with E-state index in [4.69, 9.17) is 0 Å². The smallest absolute Gasteiger partial charge is 0.0247 e. The highest BCUT2D eigenvalue weighted by molar-refractivity contribution is 5.00. The molecule has 2 heteroatoms. The average Bonchev–Trinajstić information content (AvgIpc) is 3.21. The normalized spacial score (nSPS) is 39.1. The summed E-state index contributed by atoms with van der Waals surface area (Å²) >= 11 is 0. The second-order valence-electron chi connectivity index (χ2n) is 8.61. The highest BCUT2D eigenvalue weighted by Crippen LogP contribution is 2.42. The van der Waals surface area contributed by atoms with E-state index in [2.05, 4.69) is 37.9 Å². The van der Waals surface area contributed by atoms with Gasteiger partial charge in [0.1, 0.15) is 0 Å². The van der Waals surface area contributed by atoms with Gasteiger partial charge in [-0.05, 0) is 42.9 Å². The maximum absolute atomic E-state index is 3.87. The molecule has 3 atom stereocenters. The Hall–Kier alpha value is -0.0800. The van der Waals surface area contributed by atoms with Crippen molar-refractivity contribution in [3.63, 3.8) is 0 Å². The summed E-state index contributed by atoms with van der Waals surface area (Å²) in [6.45, 7) is 12.4. The van der Waals surface area contributed by atoms with E-state index >= 15 is 0 Å². The number of piperazine rings is 1. The van der Waals surface area contributed by atoms with Gasteiger partial charge in [-0.25, -0.2) is 0 Å². The van der Waals surface area contributed by atoms with Crippen LogP contribution in [0.2, 0.25) is 0 Å². The summed E-state index contributed by atoms with van der Waals surface area (Å²) in [6.07, 6.45) is 8.65. The van der Waals surface area contributed by atoms with Gasteiger partial charge in [0, 0.05) is 31.2 Å². The molecule has 3 fully saturated rings. The van der Waals surface area contributed by atoms with E-state index in [0.717, 1.165) is 30.0 Å². The number of nitrogens with zero attached hydrogens (tertiary/aromatic N) is 1. The zero-order chi connectivity index (χ0) is 14.3. The monoisotopic (exact) mass is 278 g/mol. The van der Waals surface area contributed by atoms with Gasteiger partial charge in [-0.2, -0.15) is 0 Å². The van der Waals surface area contributed by atoms with Gasteiger partial charge in [-0.15, -0.1) is 0 Å². The topological polar surface area (TPSA) is 15.3 Å². The van der Waals surface area contributed by atoms with Crippen LogP contribution < -0.4 is 5.32 Å². The Morgan fingerprint density at radius 2 is 1.85 bits per heavy atom. The molecule has 2 nitrogen and oxygen atoms in total. The van der Waals surface area contributed by atoms with Crippen LogP contribution >= 0.6 is 0 Å². The third-order valence-electron chi connectivity index (χ3n) is 6.23. The van der Waals surface area contributed by atoms with E-state index in [9.17, 15) is 0 Å². The largest absolute Gasteiger partial charge is 0.311 e. The van der Waals surface area contributed by atoms with Crippen molar-refractivity contribution in [1.82, 2.24) is 10.2 Å². The molecule has 0 aromatic carbocycles. The van der Waals surface area contributed by atoms with Crippen molar-refractivity contribution in [2.24, 2.45) is 17.3 Å². The Morgan fingerprint density at radius 1 is 1.10 bits per heavy atom. The standard InChI is InChI=1S/C18H34N2/c1-13(2)16-11-19-15(14-8-9-14)12-20(16)17-7-5-6-10-18(17,3)4/h13-17,19H,5-12H2,1-4H3. The van der Waals surface area contributed by atoms with Crippen LogP contribution in [-0.2, 0) is 0 Å². The summed E-state index contributed by atoms with van der Waals surface area (Å²) in [5.41, 5.74) is 0.511. The molecule has 3 unspecified atom stereocenters. The molecule has 0 spiro atoms. The summed E-state index contributed by atoms with van der Waals surface area (Å²) in [4.78, 5) is 2.93. The summed E-state index contributed by atoms with van der Waals surface area (Å²) in [7, 11) is 0. The Labute approximate surface area is 125 Å². The van der Waals surface area contributed by atoms with E-state index < -0.39 is 0 Å². The van der Waals surface area contributed by atoms with E-state index in [0.29, 0.717) is 5.41 Å². The lowest BCUT2D eigenvalue weighted by Gasteiger charge is -2.53. The predicted octanol–water partition coefficient (Wildman–Crippen LogP) is 3.66. The molecular weight excluding hydrogens is 244 g/mol.